The quantitative estimate of drug-likeness (QED) is 0.917. The molecule has 1 aromatic heterocycles. The highest BCUT2D eigenvalue weighted by Crippen LogP contribution is 2.27. The predicted octanol–water partition coefficient (Wildman–Crippen LogP) is 3.58. The van der Waals surface area contributed by atoms with Crippen LogP contribution in [0.25, 0.3) is 0 Å². The van der Waals surface area contributed by atoms with Gasteiger partial charge >= 0.3 is 0 Å². The number of nitrogens with one attached hydrogen (secondary N) is 1. The van der Waals surface area contributed by atoms with Crippen LogP contribution in [0.5, 0.6) is 0 Å². The summed E-state index contributed by atoms with van der Waals surface area (Å²) in [5, 5.41) is 13.6. The second-order valence-electron chi connectivity index (χ2n) is 4.62. The van der Waals surface area contributed by atoms with Gasteiger partial charge in [-0.2, -0.15) is 0 Å². The molecule has 1 N–H and O–H groups in total. The van der Waals surface area contributed by atoms with E-state index in [1.165, 1.54) is 15.6 Å². The first-order valence-corrected chi connectivity index (χ1v) is 7.65. The van der Waals surface area contributed by atoms with Gasteiger partial charge in [-0.1, -0.05) is 33.3 Å². The van der Waals surface area contributed by atoms with Crippen molar-refractivity contribution < 1.29 is 0 Å². The summed E-state index contributed by atoms with van der Waals surface area (Å²) in [6.07, 6.45) is 3.35. The number of aryl methyl sites for hydroxylation is 2. The number of rotatable bonds is 2. The summed E-state index contributed by atoms with van der Waals surface area (Å²) in [5.74, 6) is 0. The average molecular weight is 324 g/mol. The van der Waals surface area contributed by atoms with Gasteiger partial charge in [0.25, 0.3) is 0 Å². The topological polar surface area (TPSA) is 37.8 Å². The summed E-state index contributed by atoms with van der Waals surface area (Å²) in [7, 11) is 0. The molecule has 1 unspecified atom stereocenters. The maximum absolute atomic E-state index is 4.13. The third-order valence-corrected chi connectivity index (χ3v) is 4.51. The number of hydrogen-bond acceptors (Lipinski definition) is 4. The van der Waals surface area contributed by atoms with Crippen molar-refractivity contribution in [2.24, 2.45) is 0 Å². The van der Waals surface area contributed by atoms with Crippen molar-refractivity contribution in [3.63, 3.8) is 0 Å². The Morgan fingerprint density at radius 3 is 3.00 bits per heavy atom. The molecule has 1 aliphatic rings. The molecule has 0 spiro atoms. The predicted molar refractivity (Wildman–Crippen MR) is 78.2 cm³/mol. The van der Waals surface area contributed by atoms with Crippen LogP contribution in [0.1, 0.15) is 22.6 Å². The monoisotopic (exact) mass is 323 g/mol. The zero-order valence-electron chi connectivity index (χ0n) is 10.1. The Hall–Kier alpha value is -0.940. The van der Waals surface area contributed by atoms with E-state index in [-0.39, 0.29) is 0 Å². The van der Waals surface area contributed by atoms with E-state index >= 15 is 0 Å². The maximum atomic E-state index is 4.13. The Labute approximate surface area is 119 Å². The van der Waals surface area contributed by atoms with E-state index in [2.05, 4.69) is 49.6 Å². The van der Waals surface area contributed by atoms with Crippen LogP contribution in [-0.4, -0.2) is 16.2 Å². The molecule has 1 aliphatic carbocycles. The molecular weight excluding hydrogens is 310 g/mol. The normalized spacial score (nSPS) is 18.4. The molecule has 1 heterocycles. The fourth-order valence-corrected chi connectivity index (χ4v) is 3.45. The van der Waals surface area contributed by atoms with Crippen LogP contribution >= 0.6 is 27.3 Å². The van der Waals surface area contributed by atoms with Gasteiger partial charge in [-0.05, 0) is 49.4 Å². The van der Waals surface area contributed by atoms with Gasteiger partial charge in [-0.25, -0.2) is 0 Å². The Bertz CT molecular complexity index is 567. The standard InChI is InChI=1S/C13H14BrN3S/c1-8-16-17-13(18-8)15-12-5-3-9-6-11(14)4-2-10(9)7-12/h2,4,6,12H,3,5,7H2,1H3,(H,15,17). The molecule has 2 aromatic rings. The number of halogens is 1. The zero-order chi connectivity index (χ0) is 12.5. The number of fused-ring (bicyclic) bond motifs is 1. The van der Waals surface area contributed by atoms with Crippen LogP contribution < -0.4 is 5.32 Å². The van der Waals surface area contributed by atoms with Crippen LogP contribution in [0.2, 0.25) is 0 Å². The van der Waals surface area contributed by atoms with Crippen LogP contribution in [0.4, 0.5) is 5.13 Å². The molecule has 0 radical (unpaired) electrons. The lowest BCUT2D eigenvalue weighted by atomic mass is 9.88. The number of benzene rings is 1. The van der Waals surface area contributed by atoms with E-state index < -0.39 is 0 Å². The molecule has 0 bridgehead atoms. The van der Waals surface area contributed by atoms with Gasteiger partial charge in [-0.3, -0.25) is 0 Å². The van der Waals surface area contributed by atoms with Crippen LogP contribution in [0.3, 0.4) is 0 Å². The Morgan fingerprint density at radius 2 is 2.22 bits per heavy atom. The van der Waals surface area contributed by atoms with Gasteiger partial charge < -0.3 is 5.32 Å². The SMILES string of the molecule is Cc1nnc(NC2CCc3cc(Br)ccc3C2)s1. The van der Waals surface area contributed by atoms with E-state index in [1.54, 1.807) is 11.3 Å². The number of hydrogen-bond donors (Lipinski definition) is 1. The van der Waals surface area contributed by atoms with E-state index in [4.69, 9.17) is 0 Å². The Balaban J connectivity index is 1.73. The highest BCUT2D eigenvalue weighted by Gasteiger charge is 2.19. The molecular formula is C13H14BrN3S. The van der Waals surface area contributed by atoms with Gasteiger partial charge in [0, 0.05) is 10.5 Å². The molecule has 3 nitrogen and oxygen atoms in total. The maximum Gasteiger partial charge on any atom is 0.205 e. The fourth-order valence-electron chi connectivity index (χ4n) is 2.38. The minimum absolute atomic E-state index is 0.478. The van der Waals surface area contributed by atoms with Crippen molar-refractivity contribution in [2.45, 2.75) is 32.2 Å². The highest BCUT2D eigenvalue weighted by atomic mass is 79.9. The van der Waals surface area contributed by atoms with Gasteiger partial charge in [-0.15, -0.1) is 10.2 Å². The van der Waals surface area contributed by atoms with Crippen molar-refractivity contribution in [3.8, 4) is 0 Å². The number of nitrogens with zero attached hydrogens (tertiary/aromatic N) is 2. The first-order valence-electron chi connectivity index (χ1n) is 6.04. The summed E-state index contributed by atoms with van der Waals surface area (Å²) in [5.41, 5.74) is 2.92. The fraction of sp³-hybridized carbons (Fsp3) is 0.385. The van der Waals surface area contributed by atoms with Crippen molar-refractivity contribution in [1.29, 1.82) is 0 Å². The van der Waals surface area contributed by atoms with Gasteiger partial charge in [0.05, 0.1) is 0 Å². The van der Waals surface area contributed by atoms with E-state index in [0.29, 0.717) is 6.04 Å². The third-order valence-electron chi connectivity index (χ3n) is 3.25. The number of anilines is 1. The molecule has 1 aromatic carbocycles. The lowest BCUT2D eigenvalue weighted by Gasteiger charge is -2.25. The smallest absolute Gasteiger partial charge is 0.205 e. The second-order valence-corrected chi connectivity index (χ2v) is 6.72. The summed E-state index contributed by atoms with van der Waals surface area (Å²) in [6, 6.07) is 7.06. The minimum Gasteiger partial charge on any atom is -0.357 e. The highest BCUT2D eigenvalue weighted by molar-refractivity contribution is 9.10. The van der Waals surface area contributed by atoms with Gasteiger partial charge in [0.1, 0.15) is 5.01 Å². The van der Waals surface area contributed by atoms with E-state index in [1.807, 2.05) is 6.92 Å². The first-order chi connectivity index (χ1) is 8.70. The van der Waals surface area contributed by atoms with Crippen LogP contribution in [-0.2, 0) is 12.8 Å². The third kappa shape index (κ3) is 2.57. The van der Waals surface area contributed by atoms with Crippen molar-refractivity contribution in [2.75, 3.05) is 5.32 Å². The lowest BCUT2D eigenvalue weighted by Crippen LogP contribution is -2.27. The molecule has 94 valence electrons. The van der Waals surface area contributed by atoms with Gasteiger partial charge in [0.2, 0.25) is 5.13 Å². The van der Waals surface area contributed by atoms with Crippen molar-refractivity contribution in [3.05, 3.63) is 38.8 Å². The zero-order valence-corrected chi connectivity index (χ0v) is 12.5. The number of aromatic nitrogens is 2. The summed E-state index contributed by atoms with van der Waals surface area (Å²) >= 11 is 5.15. The lowest BCUT2D eigenvalue weighted by molar-refractivity contribution is 0.609. The largest absolute Gasteiger partial charge is 0.357 e. The van der Waals surface area contributed by atoms with Crippen molar-refractivity contribution >= 4 is 32.4 Å². The first kappa shape index (κ1) is 12.1. The molecule has 1 atom stereocenters. The van der Waals surface area contributed by atoms with Crippen LogP contribution in [0, 0.1) is 6.92 Å². The molecule has 3 rings (SSSR count). The average Bonchev–Trinajstić information content (AvgIpc) is 2.75. The van der Waals surface area contributed by atoms with E-state index in [0.717, 1.165) is 29.4 Å². The minimum atomic E-state index is 0.478. The molecule has 0 fully saturated rings. The molecule has 0 amide bonds. The second kappa shape index (κ2) is 4.97. The van der Waals surface area contributed by atoms with Gasteiger partial charge in [0.15, 0.2) is 0 Å². The summed E-state index contributed by atoms with van der Waals surface area (Å²) in [6.45, 7) is 1.98. The molecule has 0 aliphatic heterocycles. The molecule has 0 saturated carbocycles. The van der Waals surface area contributed by atoms with E-state index in [9.17, 15) is 0 Å². The molecule has 18 heavy (non-hydrogen) atoms. The summed E-state index contributed by atoms with van der Waals surface area (Å²) < 4.78 is 1.17. The molecule has 0 saturated heterocycles. The Morgan fingerprint density at radius 1 is 1.33 bits per heavy atom. The van der Waals surface area contributed by atoms with Crippen LogP contribution in [0.15, 0.2) is 22.7 Å². The van der Waals surface area contributed by atoms with Crippen molar-refractivity contribution in [1.82, 2.24) is 10.2 Å². The summed E-state index contributed by atoms with van der Waals surface area (Å²) in [4.78, 5) is 0. The Kier molecular flexibility index (Phi) is 3.35. The molecule has 5 heteroatoms.